The first kappa shape index (κ1) is 12.9. The van der Waals surface area contributed by atoms with Crippen LogP contribution in [-0.4, -0.2) is 14.7 Å². The summed E-state index contributed by atoms with van der Waals surface area (Å²) in [5, 5.41) is 14.8. The summed E-state index contributed by atoms with van der Waals surface area (Å²) in [5.41, 5.74) is 3.95. The predicted octanol–water partition coefficient (Wildman–Crippen LogP) is 3.54. The van der Waals surface area contributed by atoms with E-state index in [-0.39, 0.29) is 0 Å². The summed E-state index contributed by atoms with van der Waals surface area (Å²) in [5.74, 6) is 0.498. The normalized spacial score (nSPS) is 13.0. The Morgan fingerprint density at radius 3 is 2.40 bits per heavy atom. The summed E-state index contributed by atoms with van der Waals surface area (Å²) in [4.78, 5) is 0. The number of benzene rings is 1. The minimum atomic E-state index is -0.642. The zero-order valence-electron chi connectivity index (χ0n) is 11.7. The van der Waals surface area contributed by atoms with Crippen LogP contribution in [0.2, 0.25) is 0 Å². The van der Waals surface area contributed by atoms with Crippen LogP contribution in [0.3, 0.4) is 0 Å². The molecule has 0 spiro atoms. The Kier molecular flexibility index (Phi) is 3.28. The lowest BCUT2D eigenvalue weighted by atomic mass is 9.97. The highest BCUT2D eigenvalue weighted by atomic mass is 16.3. The van der Waals surface area contributed by atoms with Gasteiger partial charge < -0.3 is 5.11 Å². The Morgan fingerprint density at radius 1 is 1.00 bits per heavy atom. The van der Waals surface area contributed by atoms with Crippen molar-refractivity contribution in [2.24, 2.45) is 0 Å². The first-order valence-corrected chi connectivity index (χ1v) is 6.87. The standard InChI is InChI=1S/C17H18N2O/c1-12(2)13-6-8-14(9-7-13)17(20)15-11-18-19-10-4-3-5-16(15)19/h3-12,17,20H,1-2H3. The quantitative estimate of drug-likeness (QED) is 0.787. The van der Waals surface area contributed by atoms with Crippen LogP contribution in [-0.2, 0) is 0 Å². The van der Waals surface area contributed by atoms with Gasteiger partial charge >= 0.3 is 0 Å². The van der Waals surface area contributed by atoms with E-state index in [1.54, 1.807) is 10.7 Å². The van der Waals surface area contributed by atoms with Gasteiger partial charge in [0.15, 0.2) is 0 Å². The molecule has 3 rings (SSSR count). The Balaban J connectivity index is 1.97. The van der Waals surface area contributed by atoms with Crippen molar-refractivity contribution in [2.75, 3.05) is 0 Å². The summed E-state index contributed by atoms with van der Waals surface area (Å²) in [6.45, 7) is 4.33. The lowest BCUT2D eigenvalue weighted by molar-refractivity contribution is 0.222. The zero-order chi connectivity index (χ0) is 14.1. The molecule has 0 aliphatic carbocycles. The van der Waals surface area contributed by atoms with E-state index in [1.807, 2.05) is 36.5 Å². The van der Waals surface area contributed by atoms with Gasteiger partial charge in [-0.2, -0.15) is 5.10 Å². The van der Waals surface area contributed by atoms with Gasteiger partial charge in [-0.1, -0.05) is 44.2 Å². The van der Waals surface area contributed by atoms with Crippen molar-refractivity contribution in [3.05, 3.63) is 71.5 Å². The van der Waals surface area contributed by atoms with Crippen LogP contribution in [0, 0.1) is 0 Å². The zero-order valence-corrected chi connectivity index (χ0v) is 11.7. The van der Waals surface area contributed by atoms with Gasteiger partial charge in [0, 0.05) is 11.8 Å². The van der Waals surface area contributed by atoms with Crippen molar-refractivity contribution in [2.45, 2.75) is 25.9 Å². The largest absolute Gasteiger partial charge is 0.384 e. The molecule has 0 aliphatic rings. The molecule has 0 saturated heterocycles. The highest BCUT2D eigenvalue weighted by Crippen LogP contribution is 2.26. The summed E-state index contributed by atoms with van der Waals surface area (Å²) in [6.07, 6.45) is 2.97. The van der Waals surface area contributed by atoms with Gasteiger partial charge in [-0.3, -0.25) is 0 Å². The number of aliphatic hydroxyl groups excluding tert-OH is 1. The minimum Gasteiger partial charge on any atom is -0.384 e. The van der Waals surface area contributed by atoms with E-state index in [2.05, 4.69) is 31.1 Å². The number of hydrogen-bond donors (Lipinski definition) is 1. The van der Waals surface area contributed by atoms with Crippen molar-refractivity contribution in [3.8, 4) is 0 Å². The fourth-order valence-corrected chi connectivity index (χ4v) is 2.41. The maximum atomic E-state index is 10.6. The molecule has 1 aromatic carbocycles. The van der Waals surface area contributed by atoms with Crippen LogP contribution in [0.15, 0.2) is 54.9 Å². The second kappa shape index (κ2) is 5.10. The van der Waals surface area contributed by atoms with Gasteiger partial charge in [-0.25, -0.2) is 4.52 Å². The number of pyridine rings is 1. The molecular formula is C17H18N2O. The second-order valence-electron chi connectivity index (χ2n) is 5.35. The SMILES string of the molecule is CC(C)c1ccc(C(O)c2cnn3ccccc23)cc1. The Bertz CT molecular complexity index is 713. The van der Waals surface area contributed by atoms with Crippen LogP contribution < -0.4 is 0 Å². The first-order chi connectivity index (χ1) is 9.66. The third kappa shape index (κ3) is 2.21. The molecule has 1 unspecified atom stereocenters. The van der Waals surface area contributed by atoms with Crippen LogP contribution in [0.1, 0.15) is 42.6 Å². The smallest absolute Gasteiger partial charge is 0.108 e. The molecule has 20 heavy (non-hydrogen) atoms. The van der Waals surface area contributed by atoms with Gasteiger partial charge in [0.1, 0.15) is 6.10 Å². The Hall–Kier alpha value is -2.13. The van der Waals surface area contributed by atoms with Gasteiger partial charge in [-0.05, 0) is 29.2 Å². The molecule has 102 valence electrons. The summed E-state index contributed by atoms with van der Waals surface area (Å²) < 4.78 is 1.78. The average Bonchev–Trinajstić information content (AvgIpc) is 2.90. The van der Waals surface area contributed by atoms with Crippen LogP contribution in [0.25, 0.3) is 5.52 Å². The van der Waals surface area contributed by atoms with Crippen molar-refractivity contribution in [1.29, 1.82) is 0 Å². The van der Waals surface area contributed by atoms with E-state index in [0.717, 1.165) is 16.6 Å². The summed E-state index contributed by atoms with van der Waals surface area (Å²) in [7, 11) is 0. The molecule has 0 aliphatic heterocycles. The number of nitrogens with zero attached hydrogens (tertiary/aromatic N) is 2. The van der Waals surface area contributed by atoms with E-state index in [4.69, 9.17) is 0 Å². The number of aromatic nitrogens is 2. The topological polar surface area (TPSA) is 37.5 Å². The van der Waals surface area contributed by atoms with Crippen LogP contribution in [0.4, 0.5) is 0 Å². The monoisotopic (exact) mass is 266 g/mol. The maximum Gasteiger partial charge on any atom is 0.108 e. The number of rotatable bonds is 3. The van der Waals surface area contributed by atoms with Crippen molar-refractivity contribution < 1.29 is 5.11 Å². The molecule has 1 N–H and O–H groups in total. The number of hydrogen-bond acceptors (Lipinski definition) is 2. The first-order valence-electron chi connectivity index (χ1n) is 6.87. The minimum absolute atomic E-state index is 0.498. The van der Waals surface area contributed by atoms with E-state index >= 15 is 0 Å². The molecule has 3 aromatic rings. The van der Waals surface area contributed by atoms with Crippen LogP contribution >= 0.6 is 0 Å². The number of fused-ring (bicyclic) bond motifs is 1. The van der Waals surface area contributed by atoms with E-state index < -0.39 is 6.10 Å². The fourth-order valence-electron chi connectivity index (χ4n) is 2.41. The lowest BCUT2D eigenvalue weighted by Crippen LogP contribution is -2.00. The molecular weight excluding hydrogens is 248 g/mol. The third-order valence-electron chi connectivity index (χ3n) is 3.67. The van der Waals surface area contributed by atoms with Crippen molar-refractivity contribution in [1.82, 2.24) is 9.61 Å². The van der Waals surface area contributed by atoms with Crippen LogP contribution in [0.5, 0.6) is 0 Å². The number of aliphatic hydroxyl groups is 1. The highest BCUT2D eigenvalue weighted by molar-refractivity contribution is 5.56. The Morgan fingerprint density at radius 2 is 1.70 bits per heavy atom. The van der Waals surface area contributed by atoms with E-state index in [1.165, 1.54) is 5.56 Å². The summed E-state index contributed by atoms with van der Waals surface area (Å²) >= 11 is 0. The van der Waals surface area contributed by atoms with Gasteiger partial charge in [0.25, 0.3) is 0 Å². The van der Waals surface area contributed by atoms with Gasteiger partial charge in [-0.15, -0.1) is 0 Å². The van der Waals surface area contributed by atoms with E-state index in [0.29, 0.717) is 5.92 Å². The van der Waals surface area contributed by atoms with E-state index in [9.17, 15) is 5.11 Å². The summed E-state index contributed by atoms with van der Waals surface area (Å²) in [6, 6.07) is 14.0. The molecule has 2 heterocycles. The second-order valence-corrected chi connectivity index (χ2v) is 5.35. The molecule has 0 amide bonds. The maximum absolute atomic E-state index is 10.6. The molecule has 2 aromatic heterocycles. The molecule has 3 nitrogen and oxygen atoms in total. The fraction of sp³-hybridized carbons (Fsp3) is 0.235. The lowest BCUT2D eigenvalue weighted by Gasteiger charge is -2.12. The third-order valence-corrected chi connectivity index (χ3v) is 3.67. The predicted molar refractivity (Wildman–Crippen MR) is 79.8 cm³/mol. The molecule has 0 bridgehead atoms. The van der Waals surface area contributed by atoms with Crippen molar-refractivity contribution in [3.63, 3.8) is 0 Å². The Labute approximate surface area is 118 Å². The van der Waals surface area contributed by atoms with Gasteiger partial charge in [0.2, 0.25) is 0 Å². The highest BCUT2D eigenvalue weighted by Gasteiger charge is 2.15. The molecule has 3 heteroatoms. The molecule has 1 atom stereocenters. The van der Waals surface area contributed by atoms with Crippen molar-refractivity contribution >= 4 is 5.52 Å². The average molecular weight is 266 g/mol. The molecule has 0 fully saturated rings. The molecule has 0 radical (unpaired) electrons. The molecule has 0 saturated carbocycles. The van der Waals surface area contributed by atoms with Gasteiger partial charge in [0.05, 0.1) is 11.7 Å².